The van der Waals surface area contributed by atoms with Gasteiger partial charge < -0.3 is 15.4 Å². The summed E-state index contributed by atoms with van der Waals surface area (Å²) in [4.78, 5) is 24.9. The van der Waals surface area contributed by atoms with Gasteiger partial charge in [0.1, 0.15) is 5.75 Å². The number of rotatable bonds is 10. The molecule has 1 aromatic heterocycles. The van der Waals surface area contributed by atoms with Crippen LogP contribution in [0.1, 0.15) is 11.4 Å². The van der Waals surface area contributed by atoms with E-state index in [9.17, 15) is 9.59 Å². The van der Waals surface area contributed by atoms with Crippen molar-refractivity contribution in [2.75, 3.05) is 17.7 Å². The maximum absolute atomic E-state index is 12.5. The van der Waals surface area contributed by atoms with Crippen molar-refractivity contribution >= 4 is 45.2 Å². The highest BCUT2D eigenvalue weighted by molar-refractivity contribution is 9.10. The average Bonchev–Trinajstić information content (AvgIpc) is 3.29. The Kier molecular flexibility index (Phi) is 8.75. The molecule has 36 heavy (non-hydrogen) atoms. The van der Waals surface area contributed by atoms with Crippen LogP contribution in [-0.4, -0.2) is 38.9 Å². The van der Waals surface area contributed by atoms with E-state index in [2.05, 4.69) is 36.8 Å². The van der Waals surface area contributed by atoms with Gasteiger partial charge >= 0.3 is 0 Å². The molecule has 0 saturated carbocycles. The monoisotopic (exact) mass is 565 g/mol. The van der Waals surface area contributed by atoms with Crippen molar-refractivity contribution in [1.82, 2.24) is 20.1 Å². The zero-order valence-corrected chi connectivity index (χ0v) is 21.9. The molecule has 4 aromatic rings. The summed E-state index contributed by atoms with van der Waals surface area (Å²) in [5, 5.41) is 14.8. The van der Waals surface area contributed by atoms with Crippen LogP contribution in [-0.2, 0) is 16.1 Å². The average molecular weight is 566 g/mol. The van der Waals surface area contributed by atoms with Crippen LogP contribution in [0.25, 0.3) is 5.69 Å². The number of carbonyl (C=O) groups excluding carboxylic acids is 2. The normalized spacial score (nSPS) is 10.6. The molecule has 184 valence electrons. The minimum atomic E-state index is -0.282. The number of benzene rings is 3. The van der Waals surface area contributed by atoms with Crippen LogP contribution in [0, 0.1) is 6.92 Å². The second kappa shape index (κ2) is 12.4. The van der Waals surface area contributed by atoms with E-state index in [1.54, 1.807) is 12.1 Å². The summed E-state index contributed by atoms with van der Waals surface area (Å²) in [6, 6.07) is 24.4. The van der Waals surface area contributed by atoms with Crippen molar-refractivity contribution in [1.29, 1.82) is 0 Å². The van der Waals surface area contributed by atoms with Crippen LogP contribution >= 0.6 is 27.7 Å². The summed E-state index contributed by atoms with van der Waals surface area (Å²) in [6.07, 6.45) is 0. The number of hydrogen-bond donors (Lipinski definition) is 2. The van der Waals surface area contributed by atoms with Crippen molar-refractivity contribution in [2.45, 2.75) is 18.6 Å². The molecule has 0 aliphatic heterocycles. The highest BCUT2D eigenvalue weighted by Crippen LogP contribution is 2.24. The number of thioether (sulfide) groups is 1. The molecule has 0 bridgehead atoms. The van der Waals surface area contributed by atoms with Gasteiger partial charge in [-0.3, -0.25) is 14.2 Å². The fourth-order valence-corrected chi connectivity index (χ4v) is 4.34. The number of halogens is 1. The quantitative estimate of drug-likeness (QED) is 0.269. The van der Waals surface area contributed by atoms with E-state index >= 15 is 0 Å². The number of ether oxygens (including phenoxy) is 1. The van der Waals surface area contributed by atoms with Crippen LogP contribution in [0.3, 0.4) is 0 Å². The fraction of sp³-hybridized carbons (Fsp3) is 0.154. The van der Waals surface area contributed by atoms with Crippen LogP contribution < -0.4 is 15.4 Å². The summed E-state index contributed by atoms with van der Waals surface area (Å²) >= 11 is 4.72. The molecule has 0 aliphatic rings. The van der Waals surface area contributed by atoms with E-state index in [4.69, 9.17) is 4.74 Å². The van der Waals surface area contributed by atoms with E-state index in [-0.39, 0.29) is 30.7 Å². The second-order valence-electron chi connectivity index (χ2n) is 7.80. The maximum atomic E-state index is 12.5. The SMILES string of the molecule is Cc1cccc(NC(=O)CSc2nnc(CNC(=O)COc3ccccc3)n2-c2ccc(Br)cc2)c1. The molecule has 2 N–H and O–H groups in total. The van der Waals surface area contributed by atoms with Gasteiger partial charge in [-0.1, -0.05) is 58.0 Å². The van der Waals surface area contributed by atoms with E-state index in [0.717, 1.165) is 21.4 Å². The van der Waals surface area contributed by atoms with Gasteiger partial charge in [-0.05, 0) is 61.0 Å². The first kappa shape index (κ1) is 25.5. The maximum Gasteiger partial charge on any atom is 0.258 e. The molecule has 0 atom stereocenters. The lowest BCUT2D eigenvalue weighted by atomic mass is 10.2. The molecule has 0 radical (unpaired) electrons. The Morgan fingerprint density at radius 2 is 1.75 bits per heavy atom. The molecule has 0 spiro atoms. The van der Waals surface area contributed by atoms with E-state index in [1.165, 1.54) is 11.8 Å². The van der Waals surface area contributed by atoms with Gasteiger partial charge in [0, 0.05) is 15.8 Å². The highest BCUT2D eigenvalue weighted by atomic mass is 79.9. The number of aromatic nitrogens is 3. The smallest absolute Gasteiger partial charge is 0.258 e. The van der Waals surface area contributed by atoms with Gasteiger partial charge in [0.25, 0.3) is 5.91 Å². The minimum Gasteiger partial charge on any atom is -0.484 e. The van der Waals surface area contributed by atoms with Crippen LogP contribution in [0.15, 0.2) is 88.5 Å². The number of anilines is 1. The van der Waals surface area contributed by atoms with Crippen molar-refractivity contribution in [2.24, 2.45) is 0 Å². The minimum absolute atomic E-state index is 0.114. The number of para-hydroxylation sites is 1. The summed E-state index contributed by atoms with van der Waals surface area (Å²) in [6.45, 7) is 2.01. The second-order valence-corrected chi connectivity index (χ2v) is 9.65. The lowest BCUT2D eigenvalue weighted by Gasteiger charge is -2.12. The number of nitrogens with zero attached hydrogens (tertiary/aromatic N) is 3. The molecule has 0 fully saturated rings. The predicted octanol–water partition coefficient (Wildman–Crippen LogP) is 4.76. The van der Waals surface area contributed by atoms with Crippen molar-refractivity contribution < 1.29 is 14.3 Å². The first-order valence-corrected chi connectivity index (χ1v) is 12.9. The molecule has 4 rings (SSSR count). The summed E-state index contributed by atoms with van der Waals surface area (Å²) in [5.74, 6) is 0.875. The molecule has 3 aromatic carbocycles. The number of aryl methyl sites for hydroxylation is 1. The summed E-state index contributed by atoms with van der Waals surface area (Å²) in [5.41, 5.74) is 2.63. The molecular weight excluding hydrogens is 542 g/mol. The van der Waals surface area contributed by atoms with Crippen molar-refractivity contribution in [3.63, 3.8) is 0 Å². The Bertz CT molecular complexity index is 1330. The summed E-state index contributed by atoms with van der Waals surface area (Å²) in [7, 11) is 0. The van der Waals surface area contributed by atoms with Gasteiger partial charge in [-0.2, -0.15) is 0 Å². The Hall–Kier alpha value is -3.63. The van der Waals surface area contributed by atoms with Gasteiger partial charge in [-0.25, -0.2) is 0 Å². The molecule has 0 aliphatic carbocycles. The lowest BCUT2D eigenvalue weighted by Crippen LogP contribution is -2.29. The van der Waals surface area contributed by atoms with Crippen LogP contribution in [0.2, 0.25) is 0 Å². The van der Waals surface area contributed by atoms with Gasteiger partial charge in [-0.15, -0.1) is 10.2 Å². The third-order valence-corrected chi connectivity index (χ3v) is 6.43. The Labute approximate surface area is 221 Å². The molecule has 0 unspecified atom stereocenters. The van der Waals surface area contributed by atoms with Gasteiger partial charge in [0.15, 0.2) is 17.6 Å². The number of carbonyl (C=O) groups is 2. The summed E-state index contributed by atoms with van der Waals surface area (Å²) < 4.78 is 8.26. The van der Waals surface area contributed by atoms with Gasteiger partial charge in [0.05, 0.1) is 12.3 Å². The number of hydrogen-bond acceptors (Lipinski definition) is 6. The molecule has 10 heteroatoms. The van der Waals surface area contributed by atoms with E-state index < -0.39 is 0 Å². The Morgan fingerprint density at radius 1 is 0.972 bits per heavy atom. The lowest BCUT2D eigenvalue weighted by molar-refractivity contribution is -0.123. The molecular formula is C26H24BrN5O3S. The van der Waals surface area contributed by atoms with E-state index in [0.29, 0.717) is 16.7 Å². The van der Waals surface area contributed by atoms with Crippen LogP contribution in [0.4, 0.5) is 5.69 Å². The topological polar surface area (TPSA) is 98.1 Å². The highest BCUT2D eigenvalue weighted by Gasteiger charge is 2.17. The Balaban J connectivity index is 1.42. The fourth-order valence-electron chi connectivity index (χ4n) is 3.30. The van der Waals surface area contributed by atoms with Crippen LogP contribution in [0.5, 0.6) is 5.75 Å². The zero-order chi connectivity index (χ0) is 25.3. The number of amides is 2. The van der Waals surface area contributed by atoms with Crippen molar-refractivity contribution in [3.8, 4) is 11.4 Å². The predicted molar refractivity (Wildman–Crippen MR) is 143 cm³/mol. The third kappa shape index (κ3) is 7.19. The third-order valence-electron chi connectivity index (χ3n) is 4.98. The zero-order valence-electron chi connectivity index (χ0n) is 19.5. The molecule has 0 saturated heterocycles. The molecule has 2 amide bonds. The number of nitrogens with one attached hydrogen (secondary N) is 2. The first-order valence-electron chi connectivity index (χ1n) is 11.1. The largest absolute Gasteiger partial charge is 0.484 e. The molecule has 1 heterocycles. The molecule has 8 nitrogen and oxygen atoms in total. The van der Waals surface area contributed by atoms with Gasteiger partial charge in [0.2, 0.25) is 5.91 Å². The van der Waals surface area contributed by atoms with E-state index in [1.807, 2.05) is 78.2 Å². The standard InChI is InChI=1S/C26H24BrN5O3S/c1-18-6-5-7-20(14-18)29-25(34)17-36-26-31-30-23(32(26)21-12-10-19(27)11-13-21)15-28-24(33)16-35-22-8-3-2-4-9-22/h2-14H,15-17H2,1H3,(H,28,33)(H,29,34). The first-order chi connectivity index (χ1) is 17.5. The van der Waals surface area contributed by atoms with Crippen molar-refractivity contribution in [3.05, 3.63) is 94.7 Å². The Morgan fingerprint density at radius 3 is 2.50 bits per heavy atom.